The number of carbonyl (C=O) groups is 2. The van der Waals surface area contributed by atoms with Crippen molar-refractivity contribution in [3.8, 4) is 0 Å². The van der Waals surface area contributed by atoms with Crippen LogP contribution in [0.15, 0.2) is 0 Å². The molecule has 0 spiro atoms. The summed E-state index contributed by atoms with van der Waals surface area (Å²) in [6.45, 7) is 11.5. The quantitative estimate of drug-likeness (QED) is 0.672. The van der Waals surface area contributed by atoms with Gasteiger partial charge >= 0.3 is 5.97 Å². The van der Waals surface area contributed by atoms with Gasteiger partial charge in [-0.3, -0.25) is 14.5 Å². The molecule has 0 rings (SSSR count). The number of hydrogen-bond acceptors (Lipinski definition) is 3. The van der Waals surface area contributed by atoms with Crippen LogP contribution >= 0.6 is 0 Å². The average Bonchev–Trinajstić information content (AvgIpc) is 2.25. The highest BCUT2D eigenvalue weighted by molar-refractivity contribution is 5.80. The molecule has 0 bridgehead atoms. The highest BCUT2D eigenvalue weighted by Gasteiger charge is 2.15. The number of rotatable bonds is 9. The van der Waals surface area contributed by atoms with E-state index in [4.69, 9.17) is 5.11 Å². The summed E-state index contributed by atoms with van der Waals surface area (Å²) < 4.78 is 0. The number of nitrogens with zero attached hydrogens (tertiary/aromatic N) is 1. The monoisotopic (exact) mass is 272 g/mol. The van der Waals surface area contributed by atoms with Crippen molar-refractivity contribution < 1.29 is 14.7 Å². The molecule has 0 radical (unpaired) electrons. The smallest absolute Gasteiger partial charge is 0.303 e. The Kier molecular flexibility index (Phi) is 8.39. The first-order chi connectivity index (χ1) is 8.73. The molecule has 0 saturated heterocycles. The Hall–Kier alpha value is -1.10. The number of nitrogens with one attached hydrogen (secondary N) is 1. The Balaban J connectivity index is 4.00. The topological polar surface area (TPSA) is 69.6 Å². The van der Waals surface area contributed by atoms with E-state index in [1.807, 2.05) is 6.92 Å². The van der Waals surface area contributed by atoms with Gasteiger partial charge in [0.25, 0.3) is 0 Å². The molecule has 0 aromatic rings. The van der Waals surface area contributed by atoms with Gasteiger partial charge in [0.05, 0.1) is 6.42 Å². The molecule has 0 aliphatic heterocycles. The van der Waals surface area contributed by atoms with E-state index in [0.29, 0.717) is 12.1 Å². The normalized spacial score (nSPS) is 13.1. The lowest BCUT2D eigenvalue weighted by molar-refractivity contribution is -0.138. The molecule has 0 aromatic carbocycles. The van der Waals surface area contributed by atoms with E-state index in [9.17, 15) is 9.59 Å². The fourth-order valence-corrected chi connectivity index (χ4v) is 2.10. The van der Waals surface area contributed by atoms with E-state index in [1.165, 1.54) is 0 Å². The number of aliphatic carboxylic acids is 1. The van der Waals surface area contributed by atoms with Crippen LogP contribution in [0.1, 0.15) is 53.9 Å². The predicted octanol–water partition coefficient (Wildman–Crippen LogP) is 1.86. The second-order valence-electron chi connectivity index (χ2n) is 5.58. The van der Waals surface area contributed by atoms with Crippen molar-refractivity contribution >= 4 is 11.9 Å². The van der Waals surface area contributed by atoms with Crippen LogP contribution < -0.4 is 5.32 Å². The molecular weight excluding hydrogens is 244 g/mol. The van der Waals surface area contributed by atoms with Crippen LogP contribution in [-0.4, -0.2) is 46.6 Å². The first-order valence-corrected chi connectivity index (χ1v) is 7.01. The average molecular weight is 272 g/mol. The van der Waals surface area contributed by atoms with Gasteiger partial charge in [0.2, 0.25) is 5.91 Å². The summed E-state index contributed by atoms with van der Waals surface area (Å²) in [6, 6.07) is 1.03. The fourth-order valence-electron chi connectivity index (χ4n) is 2.10. The van der Waals surface area contributed by atoms with Crippen LogP contribution in [0.5, 0.6) is 0 Å². The lowest BCUT2D eigenvalue weighted by atomic mass is 10.1. The third kappa shape index (κ3) is 8.59. The highest BCUT2D eigenvalue weighted by atomic mass is 16.4. The van der Waals surface area contributed by atoms with Gasteiger partial charge in [0.15, 0.2) is 0 Å². The minimum absolute atomic E-state index is 0.0533. The van der Waals surface area contributed by atoms with Crippen LogP contribution in [0.4, 0.5) is 0 Å². The molecule has 5 heteroatoms. The van der Waals surface area contributed by atoms with E-state index >= 15 is 0 Å². The maximum Gasteiger partial charge on any atom is 0.303 e. The van der Waals surface area contributed by atoms with Crippen molar-refractivity contribution in [2.24, 2.45) is 0 Å². The van der Waals surface area contributed by atoms with Crippen LogP contribution in [-0.2, 0) is 9.59 Å². The lowest BCUT2D eigenvalue weighted by Gasteiger charge is -2.31. The molecule has 0 fully saturated rings. The molecular formula is C14H28N2O3. The van der Waals surface area contributed by atoms with Crippen molar-refractivity contribution in [1.82, 2.24) is 10.2 Å². The zero-order valence-corrected chi connectivity index (χ0v) is 12.8. The minimum atomic E-state index is -0.936. The van der Waals surface area contributed by atoms with E-state index in [0.717, 1.165) is 13.0 Å². The van der Waals surface area contributed by atoms with Gasteiger partial charge in [-0.1, -0.05) is 0 Å². The molecule has 0 aliphatic rings. The SMILES string of the molecule is CC(CCN(C(C)C)C(C)C)NC(=O)CCC(=O)O. The molecule has 1 unspecified atom stereocenters. The van der Waals surface area contributed by atoms with Crippen LogP contribution in [0.25, 0.3) is 0 Å². The molecule has 5 nitrogen and oxygen atoms in total. The second-order valence-corrected chi connectivity index (χ2v) is 5.58. The molecule has 0 aromatic heterocycles. The van der Waals surface area contributed by atoms with Crippen molar-refractivity contribution in [2.45, 2.75) is 72.0 Å². The summed E-state index contributed by atoms with van der Waals surface area (Å²) in [7, 11) is 0. The van der Waals surface area contributed by atoms with Gasteiger partial charge < -0.3 is 10.4 Å². The Morgan fingerprint density at radius 3 is 2.00 bits per heavy atom. The predicted molar refractivity (Wildman–Crippen MR) is 76.1 cm³/mol. The molecule has 1 atom stereocenters. The number of carboxylic acids is 1. The summed E-state index contributed by atoms with van der Waals surface area (Å²) >= 11 is 0. The molecule has 2 N–H and O–H groups in total. The molecule has 0 aliphatic carbocycles. The lowest BCUT2D eigenvalue weighted by Crippen LogP contribution is -2.41. The maximum absolute atomic E-state index is 11.5. The molecule has 1 amide bonds. The summed E-state index contributed by atoms with van der Waals surface area (Å²) in [5, 5.41) is 11.3. The van der Waals surface area contributed by atoms with Crippen molar-refractivity contribution in [3.63, 3.8) is 0 Å². The van der Waals surface area contributed by atoms with Gasteiger partial charge in [-0.05, 0) is 41.0 Å². The van der Waals surface area contributed by atoms with Gasteiger partial charge in [0, 0.05) is 31.1 Å². The zero-order chi connectivity index (χ0) is 15.0. The third-order valence-corrected chi connectivity index (χ3v) is 3.12. The standard InChI is InChI=1S/C14H28N2O3/c1-10(2)16(11(3)4)9-8-12(5)15-13(17)6-7-14(18)19/h10-12H,6-9H2,1-5H3,(H,15,17)(H,18,19). The molecule has 0 heterocycles. The molecule has 112 valence electrons. The number of carbonyl (C=O) groups excluding carboxylic acids is 1. The summed E-state index contributed by atoms with van der Waals surface area (Å²) in [4.78, 5) is 24.2. The zero-order valence-electron chi connectivity index (χ0n) is 12.8. The molecule has 0 saturated carbocycles. The number of carboxylic acid groups (broad SMARTS) is 1. The minimum Gasteiger partial charge on any atom is -0.481 e. The largest absolute Gasteiger partial charge is 0.481 e. The Morgan fingerprint density at radius 1 is 1.05 bits per heavy atom. The highest BCUT2D eigenvalue weighted by Crippen LogP contribution is 2.07. The Morgan fingerprint density at radius 2 is 1.58 bits per heavy atom. The Labute approximate surface area is 116 Å². The van der Waals surface area contributed by atoms with Gasteiger partial charge in [0.1, 0.15) is 0 Å². The van der Waals surface area contributed by atoms with E-state index in [-0.39, 0.29) is 24.8 Å². The summed E-state index contributed by atoms with van der Waals surface area (Å²) in [5.41, 5.74) is 0. The van der Waals surface area contributed by atoms with Gasteiger partial charge in [-0.15, -0.1) is 0 Å². The van der Waals surface area contributed by atoms with Crippen molar-refractivity contribution in [1.29, 1.82) is 0 Å². The number of amides is 1. The first kappa shape index (κ1) is 17.9. The second kappa shape index (κ2) is 8.91. The summed E-state index contributed by atoms with van der Waals surface area (Å²) in [6.07, 6.45) is 0.815. The van der Waals surface area contributed by atoms with Crippen LogP contribution in [0, 0.1) is 0 Å². The van der Waals surface area contributed by atoms with Gasteiger partial charge in [-0.25, -0.2) is 0 Å². The maximum atomic E-state index is 11.5. The van der Waals surface area contributed by atoms with Crippen molar-refractivity contribution in [2.75, 3.05) is 6.54 Å². The third-order valence-electron chi connectivity index (χ3n) is 3.12. The first-order valence-electron chi connectivity index (χ1n) is 7.01. The number of hydrogen-bond donors (Lipinski definition) is 2. The Bertz CT molecular complexity index is 282. The van der Waals surface area contributed by atoms with E-state index in [1.54, 1.807) is 0 Å². The molecule has 19 heavy (non-hydrogen) atoms. The van der Waals surface area contributed by atoms with Crippen LogP contribution in [0.3, 0.4) is 0 Å². The van der Waals surface area contributed by atoms with E-state index < -0.39 is 5.97 Å². The van der Waals surface area contributed by atoms with Crippen molar-refractivity contribution in [3.05, 3.63) is 0 Å². The summed E-state index contributed by atoms with van der Waals surface area (Å²) in [5.74, 6) is -1.12. The fraction of sp³-hybridized carbons (Fsp3) is 0.857. The van der Waals surface area contributed by atoms with Crippen LogP contribution in [0.2, 0.25) is 0 Å². The van der Waals surface area contributed by atoms with E-state index in [2.05, 4.69) is 37.9 Å². The van der Waals surface area contributed by atoms with Gasteiger partial charge in [-0.2, -0.15) is 0 Å².